The molecule has 0 bridgehead atoms. The summed E-state index contributed by atoms with van der Waals surface area (Å²) in [5, 5.41) is 3.69. The van der Waals surface area contributed by atoms with Crippen LogP contribution in [0.3, 0.4) is 0 Å². The maximum Gasteiger partial charge on any atom is 0.234 e. The summed E-state index contributed by atoms with van der Waals surface area (Å²) in [6.07, 6.45) is 1.17. The number of amides is 1. The number of halogens is 1. The second-order valence-corrected chi connectivity index (χ2v) is 6.12. The highest BCUT2D eigenvalue weighted by Crippen LogP contribution is 2.11. The van der Waals surface area contributed by atoms with Crippen LogP contribution in [0.4, 0.5) is 0 Å². The van der Waals surface area contributed by atoms with Crippen molar-refractivity contribution in [2.45, 2.75) is 32.5 Å². The summed E-state index contributed by atoms with van der Waals surface area (Å²) < 4.78 is 5.66. The lowest BCUT2D eigenvalue weighted by molar-refractivity contribution is -0.125. The van der Waals surface area contributed by atoms with Gasteiger partial charge in [-0.2, -0.15) is 0 Å². The Morgan fingerprint density at radius 2 is 2.10 bits per heavy atom. The van der Waals surface area contributed by atoms with Gasteiger partial charge in [-0.3, -0.25) is 9.69 Å². The average Bonchev–Trinajstić information content (AvgIpc) is 2.37. The Bertz CT molecular complexity index is 471. The first kappa shape index (κ1) is 16.3. The first-order valence-electron chi connectivity index (χ1n) is 7.42. The van der Waals surface area contributed by atoms with Crippen LogP contribution in [0.25, 0.3) is 0 Å². The lowest BCUT2D eigenvalue weighted by Gasteiger charge is -2.34. The minimum atomic E-state index is 0.0679. The smallest absolute Gasteiger partial charge is 0.234 e. The molecule has 2 atom stereocenters. The summed E-state index contributed by atoms with van der Waals surface area (Å²) in [6.45, 7) is 6.78. The zero-order chi connectivity index (χ0) is 15.2. The van der Waals surface area contributed by atoms with E-state index in [9.17, 15) is 4.79 Å². The number of benzene rings is 1. The van der Waals surface area contributed by atoms with E-state index in [1.807, 2.05) is 38.1 Å². The molecule has 0 aliphatic carbocycles. The molecule has 1 aliphatic rings. The molecule has 0 radical (unpaired) electrons. The van der Waals surface area contributed by atoms with Crippen LogP contribution in [0.5, 0.6) is 0 Å². The first-order chi connectivity index (χ1) is 10.0. The van der Waals surface area contributed by atoms with Crippen LogP contribution in [0.1, 0.15) is 19.4 Å². The van der Waals surface area contributed by atoms with Crippen LogP contribution in [-0.2, 0) is 16.0 Å². The second-order valence-electron chi connectivity index (χ2n) is 5.68. The SMILES string of the molecule is C[C@@H]1CN(CC(=O)NCCc2cccc(Cl)c2)C[C@H](C)O1. The number of rotatable bonds is 5. The molecule has 1 saturated heterocycles. The van der Waals surface area contributed by atoms with Gasteiger partial charge in [-0.15, -0.1) is 0 Å². The van der Waals surface area contributed by atoms with Gasteiger partial charge in [-0.25, -0.2) is 0 Å². The van der Waals surface area contributed by atoms with Crippen molar-refractivity contribution in [2.24, 2.45) is 0 Å². The molecule has 0 saturated carbocycles. The average molecular weight is 311 g/mol. The zero-order valence-electron chi connectivity index (χ0n) is 12.6. The predicted molar refractivity (Wildman–Crippen MR) is 84.6 cm³/mol. The van der Waals surface area contributed by atoms with E-state index in [1.54, 1.807) is 0 Å². The lowest BCUT2D eigenvalue weighted by atomic mass is 10.1. The highest BCUT2D eigenvalue weighted by molar-refractivity contribution is 6.30. The van der Waals surface area contributed by atoms with Crippen LogP contribution in [-0.4, -0.2) is 49.2 Å². The summed E-state index contributed by atoms with van der Waals surface area (Å²) in [6, 6.07) is 7.73. The van der Waals surface area contributed by atoms with Crippen molar-refractivity contribution in [3.05, 3.63) is 34.9 Å². The van der Waals surface area contributed by atoms with Crippen molar-refractivity contribution in [1.29, 1.82) is 0 Å². The lowest BCUT2D eigenvalue weighted by Crippen LogP contribution is -2.49. The Labute approximate surface area is 131 Å². The summed E-state index contributed by atoms with van der Waals surface area (Å²) in [4.78, 5) is 14.1. The van der Waals surface area contributed by atoms with Gasteiger partial charge in [0.25, 0.3) is 0 Å². The second kappa shape index (κ2) is 7.78. The molecular formula is C16H23ClN2O2. The predicted octanol–water partition coefficient (Wildman–Crippen LogP) is 2.11. The van der Waals surface area contributed by atoms with Gasteiger partial charge in [0.05, 0.1) is 18.8 Å². The fourth-order valence-electron chi connectivity index (χ4n) is 2.71. The van der Waals surface area contributed by atoms with E-state index in [0.717, 1.165) is 30.1 Å². The van der Waals surface area contributed by atoms with Gasteiger partial charge in [0.15, 0.2) is 0 Å². The van der Waals surface area contributed by atoms with Crippen molar-refractivity contribution in [3.8, 4) is 0 Å². The molecule has 1 N–H and O–H groups in total. The minimum Gasteiger partial charge on any atom is -0.373 e. The van der Waals surface area contributed by atoms with Gasteiger partial charge in [0, 0.05) is 24.7 Å². The molecule has 1 heterocycles. The van der Waals surface area contributed by atoms with Crippen molar-refractivity contribution < 1.29 is 9.53 Å². The van der Waals surface area contributed by atoms with E-state index in [-0.39, 0.29) is 18.1 Å². The zero-order valence-corrected chi connectivity index (χ0v) is 13.4. The number of carbonyl (C=O) groups excluding carboxylic acids is 1. The maximum atomic E-state index is 12.0. The summed E-state index contributed by atoms with van der Waals surface area (Å²) in [7, 11) is 0. The van der Waals surface area contributed by atoms with E-state index in [2.05, 4.69) is 10.2 Å². The summed E-state index contributed by atoms with van der Waals surface area (Å²) in [5.41, 5.74) is 1.14. The molecule has 0 aromatic heterocycles. The van der Waals surface area contributed by atoms with Gasteiger partial charge in [-0.1, -0.05) is 23.7 Å². The van der Waals surface area contributed by atoms with Crippen molar-refractivity contribution in [3.63, 3.8) is 0 Å². The Kier molecular flexibility index (Phi) is 6.03. The largest absolute Gasteiger partial charge is 0.373 e. The fourth-order valence-corrected chi connectivity index (χ4v) is 2.92. The number of morpholine rings is 1. The van der Waals surface area contributed by atoms with E-state index in [1.165, 1.54) is 0 Å². The Morgan fingerprint density at radius 1 is 1.38 bits per heavy atom. The van der Waals surface area contributed by atoms with Crippen LogP contribution in [0.2, 0.25) is 5.02 Å². The summed E-state index contributed by atoms with van der Waals surface area (Å²) in [5.74, 6) is 0.0679. The molecule has 116 valence electrons. The van der Waals surface area contributed by atoms with Gasteiger partial charge in [0.1, 0.15) is 0 Å². The minimum absolute atomic E-state index is 0.0679. The number of hydrogen-bond acceptors (Lipinski definition) is 3. The molecule has 4 nitrogen and oxygen atoms in total. The molecule has 1 amide bonds. The number of nitrogens with zero attached hydrogens (tertiary/aromatic N) is 1. The van der Waals surface area contributed by atoms with Gasteiger partial charge in [0.2, 0.25) is 5.91 Å². The van der Waals surface area contributed by atoms with E-state index in [4.69, 9.17) is 16.3 Å². The molecule has 1 aromatic carbocycles. The highest BCUT2D eigenvalue weighted by Gasteiger charge is 2.23. The van der Waals surface area contributed by atoms with Crippen LogP contribution >= 0.6 is 11.6 Å². The quantitative estimate of drug-likeness (QED) is 0.905. The molecule has 0 unspecified atom stereocenters. The van der Waals surface area contributed by atoms with E-state index < -0.39 is 0 Å². The number of hydrogen-bond donors (Lipinski definition) is 1. The maximum absolute atomic E-state index is 12.0. The summed E-state index contributed by atoms with van der Waals surface area (Å²) >= 11 is 5.94. The topological polar surface area (TPSA) is 41.6 Å². The molecule has 1 aromatic rings. The molecule has 5 heteroatoms. The van der Waals surface area contributed by atoms with Crippen LogP contribution < -0.4 is 5.32 Å². The van der Waals surface area contributed by atoms with Crippen molar-refractivity contribution in [2.75, 3.05) is 26.2 Å². The highest BCUT2D eigenvalue weighted by atomic mass is 35.5. The number of ether oxygens (including phenoxy) is 1. The molecular weight excluding hydrogens is 288 g/mol. The molecule has 21 heavy (non-hydrogen) atoms. The fraction of sp³-hybridized carbons (Fsp3) is 0.562. The number of carbonyl (C=O) groups is 1. The van der Waals surface area contributed by atoms with Crippen LogP contribution in [0, 0.1) is 0 Å². The van der Waals surface area contributed by atoms with Gasteiger partial charge >= 0.3 is 0 Å². The third kappa shape index (κ3) is 5.65. The third-order valence-electron chi connectivity index (χ3n) is 3.49. The monoisotopic (exact) mass is 310 g/mol. The van der Waals surface area contributed by atoms with E-state index >= 15 is 0 Å². The van der Waals surface area contributed by atoms with E-state index in [0.29, 0.717) is 13.1 Å². The Morgan fingerprint density at radius 3 is 2.76 bits per heavy atom. The molecule has 1 aliphatic heterocycles. The normalized spacial score (nSPS) is 23.0. The van der Waals surface area contributed by atoms with Crippen molar-refractivity contribution >= 4 is 17.5 Å². The molecule has 0 spiro atoms. The van der Waals surface area contributed by atoms with Crippen LogP contribution in [0.15, 0.2) is 24.3 Å². The molecule has 1 fully saturated rings. The van der Waals surface area contributed by atoms with Crippen molar-refractivity contribution in [1.82, 2.24) is 10.2 Å². The standard InChI is InChI=1S/C16H23ClN2O2/c1-12-9-19(10-13(2)21-12)11-16(20)18-7-6-14-4-3-5-15(17)8-14/h3-5,8,12-13H,6-7,9-11H2,1-2H3,(H,18,20)/t12-,13+. The number of nitrogens with one attached hydrogen (secondary N) is 1. The third-order valence-corrected chi connectivity index (χ3v) is 3.72. The molecule has 2 rings (SSSR count). The Hall–Kier alpha value is -1.10. The Balaban J connectivity index is 1.70. The van der Waals surface area contributed by atoms with Gasteiger partial charge < -0.3 is 10.1 Å². The van der Waals surface area contributed by atoms with Gasteiger partial charge in [-0.05, 0) is 38.0 Å². The first-order valence-corrected chi connectivity index (χ1v) is 7.79.